The highest BCUT2D eigenvalue weighted by atomic mass is 32.2. The highest BCUT2D eigenvalue weighted by molar-refractivity contribution is 8.00. The zero-order valence-electron chi connectivity index (χ0n) is 13.0. The van der Waals surface area contributed by atoms with Crippen LogP contribution in [0.3, 0.4) is 0 Å². The lowest BCUT2D eigenvalue weighted by molar-refractivity contribution is 0.276. The highest BCUT2D eigenvalue weighted by Gasteiger charge is 2.22. The Kier molecular flexibility index (Phi) is 4.05. The second kappa shape index (κ2) is 6.34. The molecule has 0 spiro atoms. The van der Waals surface area contributed by atoms with Crippen LogP contribution in [-0.2, 0) is 0 Å². The van der Waals surface area contributed by atoms with Crippen LogP contribution in [0.1, 0.15) is 0 Å². The maximum Gasteiger partial charge on any atom is 0.195 e. The van der Waals surface area contributed by atoms with E-state index >= 15 is 0 Å². The summed E-state index contributed by atoms with van der Waals surface area (Å²) in [6, 6.07) is 10.1. The molecule has 3 heterocycles. The minimum atomic E-state index is -0.130. The number of hydrazine groups is 1. The van der Waals surface area contributed by atoms with Crippen LogP contribution in [-0.4, -0.2) is 34.6 Å². The van der Waals surface area contributed by atoms with Gasteiger partial charge >= 0.3 is 0 Å². The van der Waals surface area contributed by atoms with Crippen LogP contribution in [0, 0.1) is 0 Å². The monoisotopic (exact) mass is 358 g/mol. The summed E-state index contributed by atoms with van der Waals surface area (Å²) in [5, 5.41) is 10.7. The summed E-state index contributed by atoms with van der Waals surface area (Å²) in [5.41, 5.74) is 4.74. The summed E-state index contributed by atoms with van der Waals surface area (Å²) < 4.78 is 6.27. The van der Waals surface area contributed by atoms with Gasteiger partial charge in [0.15, 0.2) is 5.50 Å². The van der Waals surface area contributed by atoms with Crippen LogP contribution in [0.4, 0.5) is 0 Å². The maximum atomic E-state index is 5.22. The average Bonchev–Trinajstić information content (AvgIpc) is 3.22. The number of nitrogens with zero attached hydrogens (tertiary/aromatic N) is 5. The number of benzene rings is 1. The van der Waals surface area contributed by atoms with E-state index in [-0.39, 0.29) is 5.50 Å². The highest BCUT2D eigenvalue weighted by Crippen LogP contribution is 2.39. The van der Waals surface area contributed by atoms with Gasteiger partial charge < -0.3 is 4.74 Å². The number of methoxy groups -OCH3 is 1. The minimum absolute atomic E-state index is 0.130. The first-order chi connectivity index (χ1) is 11.7. The van der Waals surface area contributed by atoms with E-state index in [1.54, 1.807) is 36.5 Å². The average molecular weight is 358 g/mol. The molecule has 4 rings (SSSR count). The van der Waals surface area contributed by atoms with Crippen LogP contribution in [0.15, 0.2) is 52.0 Å². The quantitative estimate of drug-likeness (QED) is 0.719. The molecular formula is C15H14N6OS2. The molecule has 0 aliphatic carbocycles. The van der Waals surface area contributed by atoms with Crippen molar-refractivity contribution in [3.05, 3.63) is 36.7 Å². The molecule has 7 nitrogen and oxygen atoms in total. The van der Waals surface area contributed by atoms with Crippen molar-refractivity contribution >= 4 is 33.3 Å². The lowest BCUT2D eigenvalue weighted by Gasteiger charge is -2.13. The molecule has 122 valence electrons. The van der Waals surface area contributed by atoms with Crippen molar-refractivity contribution in [3.8, 4) is 16.2 Å². The standard InChI is InChI=1S/C15H14N6OS2/c1-21-15(18-19-20-21)24-14-13-11(16-8-17-14)7-12(23-13)9-3-5-10(22-2)6-4-9/h3-8,15H,1-2H3,(H,18,20). The second-order valence-corrected chi connectivity index (χ2v) is 7.20. The van der Waals surface area contributed by atoms with Crippen molar-refractivity contribution in [2.45, 2.75) is 10.5 Å². The normalized spacial score (nSPS) is 17.3. The number of rotatable bonds is 4. The molecule has 0 radical (unpaired) electrons. The van der Waals surface area contributed by atoms with Crippen molar-refractivity contribution in [1.29, 1.82) is 0 Å². The zero-order chi connectivity index (χ0) is 16.5. The maximum absolute atomic E-state index is 5.22. The Morgan fingerprint density at radius 3 is 2.79 bits per heavy atom. The molecule has 9 heteroatoms. The van der Waals surface area contributed by atoms with E-state index < -0.39 is 0 Å². The fourth-order valence-electron chi connectivity index (χ4n) is 2.29. The summed E-state index contributed by atoms with van der Waals surface area (Å²) in [6.07, 6.45) is 1.59. The Morgan fingerprint density at radius 1 is 1.25 bits per heavy atom. The van der Waals surface area contributed by atoms with Crippen molar-refractivity contribution in [3.63, 3.8) is 0 Å². The number of aromatic nitrogens is 2. The Balaban J connectivity index is 1.69. The minimum Gasteiger partial charge on any atom is -0.497 e. The van der Waals surface area contributed by atoms with E-state index in [9.17, 15) is 0 Å². The van der Waals surface area contributed by atoms with Gasteiger partial charge in [-0.05, 0) is 35.9 Å². The summed E-state index contributed by atoms with van der Waals surface area (Å²) in [4.78, 5) is 9.97. The van der Waals surface area contributed by atoms with E-state index in [0.717, 1.165) is 31.4 Å². The smallest absolute Gasteiger partial charge is 0.195 e. The van der Waals surface area contributed by atoms with E-state index in [2.05, 4.69) is 31.9 Å². The van der Waals surface area contributed by atoms with Gasteiger partial charge in [-0.15, -0.1) is 16.5 Å². The van der Waals surface area contributed by atoms with Gasteiger partial charge in [0.2, 0.25) is 0 Å². The van der Waals surface area contributed by atoms with Crippen molar-refractivity contribution in [2.24, 2.45) is 10.3 Å². The zero-order valence-corrected chi connectivity index (χ0v) is 14.6. The molecule has 1 N–H and O–H groups in total. The van der Waals surface area contributed by atoms with Crippen LogP contribution in [0.5, 0.6) is 5.75 Å². The molecule has 0 saturated carbocycles. The van der Waals surface area contributed by atoms with Gasteiger partial charge in [0.25, 0.3) is 0 Å². The number of nitrogens with one attached hydrogen (secondary N) is 1. The lowest BCUT2D eigenvalue weighted by Crippen LogP contribution is -2.30. The number of hydrogen-bond donors (Lipinski definition) is 1. The van der Waals surface area contributed by atoms with Gasteiger partial charge in [-0.1, -0.05) is 17.0 Å². The third kappa shape index (κ3) is 2.81. The predicted molar refractivity (Wildman–Crippen MR) is 94.8 cm³/mol. The van der Waals surface area contributed by atoms with Gasteiger partial charge in [0.1, 0.15) is 17.1 Å². The van der Waals surface area contributed by atoms with Crippen LogP contribution < -0.4 is 10.3 Å². The van der Waals surface area contributed by atoms with E-state index in [0.29, 0.717) is 0 Å². The third-order valence-corrected chi connectivity index (χ3v) is 6.02. The fourth-order valence-corrected chi connectivity index (χ4v) is 4.38. The van der Waals surface area contributed by atoms with E-state index in [1.165, 1.54) is 0 Å². The molecule has 0 saturated heterocycles. The first kappa shape index (κ1) is 15.3. The van der Waals surface area contributed by atoms with Gasteiger partial charge in [0.05, 0.1) is 17.3 Å². The van der Waals surface area contributed by atoms with Gasteiger partial charge in [0, 0.05) is 11.9 Å². The van der Waals surface area contributed by atoms with Gasteiger partial charge in [-0.25, -0.2) is 15.5 Å². The Bertz CT molecular complexity index is 895. The van der Waals surface area contributed by atoms with Crippen LogP contribution >= 0.6 is 23.1 Å². The molecule has 1 aliphatic rings. The fraction of sp³-hybridized carbons (Fsp3) is 0.200. The van der Waals surface area contributed by atoms with Crippen LogP contribution in [0.2, 0.25) is 0 Å². The first-order valence-corrected chi connectivity index (χ1v) is 8.88. The summed E-state index contributed by atoms with van der Waals surface area (Å²) >= 11 is 3.22. The summed E-state index contributed by atoms with van der Waals surface area (Å²) in [6.45, 7) is 0. The first-order valence-electron chi connectivity index (χ1n) is 7.18. The summed E-state index contributed by atoms with van der Waals surface area (Å²) in [5.74, 6) is 0.845. The number of fused-ring (bicyclic) bond motifs is 1. The molecule has 24 heavy (non-hydrogen) atoms. The third-order valence-electron chi connectivity index (χ3n) is 3.56. The van der Waals surface area contributed by atoms with Crippen LogP contribution in [0.25, 0.3) is 20.7 Å². The van der Waals surface area contributed by atoms with Gasteiger partial charge in [-0.3, -0.25) is 0 Å². The van der Waals surface area contributed by atoms with Gasteiger partial charge in [-0.2, -0.15) is 5.01 Å². The topological polar surface area (TPSA) is 75.0 Å². The Morgan fingerprint density at radius 2 is 2.08 bits per heavy atom. The SMILES string of the molecule is COc1ccc(-c2cc3ncnc(SC4N=NNN4C)c3s2)cc1. The number of thioether (sulfide) groups is 1. The molecule has 3 aromatic rings. The van der Waals surface area contributed by atoms with Crippen molar-refractivity contribution < 1.29 is 4.74 Å². The summed E-state index contributed by atoms with van der Waals surface area (Å²) in [7, 11) is 3.56. The second-order valence-electron chi connectivity index (χ2n) is 5.10. The predicted octanol–water partition coefficient (Wildman–Crippen LogP) is 3.56. The molecule has 2 aromatic heterocycles. The van der Waals surface area contributed by atoms with E-state index in [4.69, 9.17) is 4.74 Å². The van der Waals surface area contributed by atoms with E-state index in [1.807, 2.05) is 36.3 Å². The molecule has 1 unspecified atom stereocenters. The number of ether oxygens (including phenoxy) is 1. The molecule has 0 bridgehead atoms. The molecule has 1 aliphatic heterocycles. The van der Waals surface area contributed by atoms with Crippen molar-refractivity contribution in [2.75, 3.05) is 14.2 Å². The molecule has 1 aromatic carbocycles. The largest absolute Gasteiger partial charge is 0.497 e. The Labute approximate surface area is 146 Å². The molecule has 0 amide bonds. The molecule has 1 atom stereocenters. The van der Waals surface area contributed by atoms with Crippen molar-refractivity contribution in [1.82, 2.24) is 20.5 Å². The molecular weight excluding hydrogens is 344 g/mol. The lowest BCUT2D eigenvalue weighted by atomic mass is 10.2. The number of hydrogen-bond acceptors (Lipinski definition) is 9. The molecule has 0 fully saturated rings. The number of thiophene rings is 1. The Hall–Kier alpha value is -2.23.